The lowest BCUT2D eigenvalue weighted by Crippen LogP contribution is -2.47. The first-order valence-electron chi connectivity index (χ1n) is 15.9. The summed E-state index contributed by atoms with van der Waals surface area (Å²) in [6, 6.07) is 11.9. The van der Waals surface area contributed by atoms with Crippen molar-refractivity contribution in [3.8, 4) is 0 Å². The van der Waals surface area contributed by atoms with E-state index < -0.39 is 18.4 Å². The third-order valence-electron chi connectivity index (χ3n) is 8.22. The maximum atomic E-state index is 13.2. The van der Waals surface area contributed by atoms with Gasteiger partial charge in [-0.1, -0.05) is 57.5 Å². The largest absolute Gasteiger partial charge is 0.510 e. The molecule has 1 aromatic heterocycles. The zero-order valence-corrected chi connectivity index (χ0v) is 28.8. The first-order chi connectivity index (χ1) is 21.9. The third kappa shape index (κ3) is 8.11. The normalized spacial score (nSPS) is 16.8. The van der Waals surface area contributed by atoms with Crippen molar-refractivity contribution < 1.29 is 28.6 Å². The van der Waals surface area contributed by atoms with E-state index in [4.69, 9.17) is 30.2 Å². The molecule has 248 valence electrons. The number of ether oxygens (including phenoxy) is 3. The molecule has 2 unspecified atom stereocenters. The van der Waals surface area contributed by atoms with Gasteiger partial charge in [-0.05, 0) is 72.0 Å². The standard InChI is InChI=1S/C34H43ClN4O6S/c1-6-43-32(41)31(45-33(42)44-21-22(2)20-34(3,4)5)39-27-19-26(35)23(17-24(27)18-29(39)40)11-12-37-13-15-38(16-14-37)30-25-9-7-8-10-28(25)46-36-30/h7-10,17,19,22,31H,6,11-16,18,20-21H2,1-5H3. The summed E-state index contributed by atoms with van der Waals surface area (Å²) >= 11 is 8.29. The number of rotatable bonds is 11. The van der Waals surface area contributed by atoms with Gasteiger partial charge in [0.1, 0.15) is 5.82 Å². The number of hydrogen-bond acceptors (Lipinski definition) is 10. The molecule has 2 atom stereocenters. The Morgan fingerprint density at radius 3 is 2.54 bits per heavy atom. The first kappa shape index (κ1) is 33.9. The summed E-state index contributed by atoms with van der Waals surface area (Å²) in [5, 5.41) is 1.68. The second-order valence-electron chi connectivity index (χ2n) is 13.2. The van der Waals surface area contributed by atoms with E-state index >= 15 is 0 Å². The fraction of sp³-hybridized carbons (Fsp3) is 0.529. The van der Waals surface area contributed by atoms with Crippen molar-refractivity contribution in [2.24, 2.45) is 11.3 Å². The number of amides is 1. The summed E-state index contributed by atoms with van der Waals surface area (Å²) in [4.78, 5) is 44.8. The molecule has 2 aliphatic heterocycles. The number of fused-ring (bicyclic) bond motifs is 2. The van der Waals surface area contributed by atoms with Crippen LogP contribution >= 0.6 is 23.1 Å². The summed E-state index contributed by atoms with van der Waals surface area (Å²) in [5.41, 5.74) is 2.13. The maximum Gasteiger partial charge on any atom is 0.510 e. The summed E-state index contributed by atoms with van der Waals surface area (Å²) < 4.78 is 21.8. The maximum absolute atomic E-state index is 13.2. The van der Waals surface area contributed by atoms with Gasteiger partial charge >= 0.3 is 12.1 Å². The van der Waals surface area contributed by atoms with Crippen molar-refractivity contribution in [2.45, 2.75) is 60.1 Å². The molecular weight excluding hydrogens is 628 g/mol. The van der Waals surface area contributed by atoms with E-state index in [9.17, 15) is 14.4 Å². The molecular formula is C34H43ClN4O6S. The van der Waals surface area contributed by atoms with Crippen molar-refractivity contribution in [1.82, 2.24) is 9.27 Å². The molecule has 0 bridgehead atoms. The molecule has 1 fully saturated rings. The van der Waals surface area contributed by atoms with Crippen LogP contribution in [0.3, 0.4) is 0 Å². The van der Waals surface area contributed by atoms with E-state index in [1.807, 2.05) is 19.1 Å². The quantitative estimate of drug-likeness (QED) is 0.217. The second kappa shape index (κ2) is 14.6. The highest BCUT2D eigenvalue weighted by Crippen LogP contribution is 2.36. The average molecular weight is 671 g/mol. The molecule has 46 heavy (non-hydrogen) atoms. The molecule has 0 saturated carbocycles. The van der Waals surface area contributed by atoms with Gasteiger partial charge in [-0.25, -0.2) is 9.59 Å². The Hall–Kier alpha value is -3.41. The Kier molecular flexibility index (Phi) is 10.7. The van der Waals surface area contributed by atoms with Crippen LogP contribution < -0.4 is 9.80 Å². The van der Waals surface area contributed by atoms with Crippen LogP contribution in [0.4, 0.5) is 16.3 Å². The van der Waals surface area contributed by atoms with Crippen LogP contribution in [0.5, 0.6) is 0 Å². The molecule has 3 aromatic rings. The fourth-order valence-electron chi connectivity index (χ4n) is 6.28. The number of carbonyl (C=O) groups is 3. The Morgan fingerprint density at radius 1 is 1.09 bits per heavy atom. The molecule has 2 aromatic carbocycles. The molecule has 0 N–H and O–H groups in total. The van der Waals surface area contributed by atoms with Crippen molar-refractivity contribution >= 4 is 62.8 Å². The number of hydrogen-bond donors (Lipinski definition) is 0. The Balaban J connectivity index is 1.21. The second-order valence-corrected chi connectivity index (χ2v) is 14.5. The van der Waals surface area contributed by atoms with E-state index in [2.05, 4.69) is 48.8 Å². The van der Waals surface area contributed by atoms with Gasteiger partial charge in [0.2, 0.25) is 5.91 Å². The van der Waals surface area contributed by atoms with Gasteiger partial charge in [-0.15, -0.1) is 0 Å². The van der Waals surface area contributed by atoms with Crippen molar-refractivity contribution in [3.63, 3.8) is 0 Å². The van der Waals surface area contributed by atoms with E-state index in [1.165, 1.54) is 21.6 Å². The van der Waals surface area contributed by atoms with Crippen LogP contribution in [0, 0.1) is 11.3 Å². The highest BCUT2D eigenvalue weighted by Gasteiger charge is 2.41. The summed E-state index contributed by atoms with van der Waals surface area (Å²) in [7, 11) is 0. The van der Waals surface area contributed by atoms with Crippen LogP contribution in [0.25, 0.3) is 10.1 Å². The number of esters is 1. The minimum atomic E-state index is -1.62. The molecule has 12 heteroatoms. The van der Waals surface area contributed by atoms with E-state index in [0.717, 1.165) is 61.0 Å². The lowest BCUT2D eigenvalue weighted by atomic mass is 9.86. The number of carbonyl (C=O) groups excluding carboxylic acids is 3. The summed E-state index contributed by atoms with van der Waals surface area (Å²) in [5.74, 6) is -0.0963. The van der Waals surface area contributed by atoms with E-state index in [1.54, 1.807) is 13.0 Å². The Labute approximate surface area is 279 Å². The fourth-order valence-corrected chi connectivity index (χ4v) is 7.33. The lowest BCUT2D eigenvalue weighted by molar-refractivity contribution is -0.156. The van der Waals surface area contributed by atoms with Crippen molar-refractivity contribution in [1.29, 1.82) is 0 Å². The molecule has 1 amide bonds. The molecule has 0 spiro atoms. The third-order valence-corrected chi connectivity index (χ3v) is 9.39. The highest BCUT2D eigenvalue weighted by molar-refractivity contribution is 7.13. The Morgan fingerprint density at radius 2 is 1.83 bits per heavy atom. The van der Waals surface area contributed by atoms with Crippen molar-refractivity contribution in [2.75, 3.05) is 55.7 Å². The van der Waals surface area contributed by atoms with Crippen LogP contribution in [0.15, 0.2) is 36.4 Å². The molecule has 1 saturated heterocycles. The number of halogens is 1. The zero-order chi connectivity index (χ0) is 33.0. The molecule has 10 nitrogen and oxygen atoms in total. The highest BCUT2D eigenvalue weighted by atomic mass is 35.5. The topological polar surface area (TPSA) is 102 Å². The van der Waals surface area contributed by atoms with Crippen molar-refractivity contribution in [3.05, 3.63) is 52.5 Å². The van der Waals surface area contributed by atoms with Gasteiger partial charge in [0.05, 0.1) is 30.0 Å². The van der Waals surface area contributed by atoms with Gasteiger partial charge < -0.3 is 19.1 Å². The molecule has 5 rings (SSSR count). The van der Waals surface area contributed by atoms with Gasteiger partial charge in [-0.3, -0.25) is 14.6 Å². The van der Waals surface area contributed by atoms with Crippen LogP contribution in [-0.2, 0) is 36.6 Å². The minimum Gasteiger partial charge on any atom is -0.462 e. The van der Waals surface area contributed by atoms with Gasteiger partial charge in [0.25, 0.3) is 6.23 Å². The number of piperazine rings is 1. The molecule has 0 aliphatic carbocycles. The summed E-state index contributed by atoms with van der Waals surface area (Å²) in [6.45, 7) is 14.5. The monoisotopic (exact) mass is 670 g/mol. The number of nitrogens with zero attached hydrogens (tertiary/aromatic N) is 4. The lowest BCUT2D eigenvalue weighted by Gasteiger charge is -2.35. The predicted molar refractivity (Wildman–Crippen MR) is 181 cm³/mol. The van der Waals surface area contributed by atoms with E-state index in [0.29, 0.717) is 17.1 Å². The molecule has 2 aliphatic rings. The SMILES string of the molecule is CCOC(=O)C(OC(=O)OCC(C)CC(C)(C)C)N1C(=O)Cc2cc(CCN3CCN(c4nsc5ccccc45)CC3)c(Cl)cc21. The van der Waals surface area contributed by atoms with Crippen LogP contribution in [-0.4, -0.2) is 79.5 Å². The summed E-state index contributed by atoms with van der Waals surface area (Å²) in [6.07, 6.45) is -1.06. The Bertz CT molecular complexity index is 1560. The molecule has 3 heterocycles. The zero-order valence-electron chi connectivity index (χ0n) is 27.2. The van der Waals surface area contributed by atoms with E-state index in [-0.39, 0.29) is 36.9 Å². The predicted octanol–water partition coefficient (Wildman–Crippen LogP) is 6.32. The van der Waals surface area contributed by atoms with Gasteiger partial charge in [0.15, 0.2) is 0 Å². The van der Waals surface area contributed by atoms with Crippen LogP contribution in [0.1, 0.15) is 52.2 Å². The number of anilines is 2. The molecule has 0 radical (unpaired) electrons. The van der Waals surface area contributed by atoms with Gasteiger partial charge in [-0.2, -0.15) is 4.37 Å². The minimum absolute atomic E-state index is 0.0523. The van der Waals surface area contributed by atoms with Crippen LogP contribution in [0.2, 0.25) is 5.02 Å². The van der Waals surface area contributed by atoms with Gasteiger partial charge in [0, 0.05) is 43.1 Å². The number of benzene rings is 2. The smallest absolute Gasteiger partial charge is 0.462 e. The number of aromatic nitrogens is 1. The first-order valence-corrected chi connectivity index (χ1v) is 17.0. The average Bonchev–Trinajstić information content (AvgIpc) is 3.57.